The van der Waals surface area contributed by atoms with Gasteiger partial charge in [0.15, 0.2) is 0 Å². The molecular weight excluding hydrogens is 387 g/mol. The van der Waals surface area contributed by atoms with Gasteiger partial charge in [0.1, 0.15) is 6.17 Å². The number of piperidine rings is 1. The molecule has 2 aliphatic rings. The first-order chi connectivity index (χ1) is 13.9. The zero-order valence-electron chi connectivity index (χ0n) is 17.2. The zero-order chi connectivity index (χ0) is 20.8. The highest BCUT2D eigenvalue weighted by Gasteiger charge is 2.27. The predicted molar refractivity (Wildman–Crippen MR) is 121 cm³/mol. The van der Waals surface area contributed by atoms with E-state index in [2.05, 4.69) is 46.8 Å². The van der Waals surface area contributed by atoms with Gasteiger partial charge in [-0.15, -0.1) is 6.58 Å². The predicted octanol–water partition coefficient (Wildman–Crippen LogP) is 4.99. The maximum atomic E-state index is 12.1. The molecule has 4 nitrogen and oxygen atoms in total. The average molecular weight is 419 g/mol. The third-order valence-corrected chi connectivity index (χ3v) is 5.91. The topological polar surface area (TPSA) is 43.1 Å². The van der Waals surface area contributed by atoms with E-state index in [4.69, 9.17) is 11.6 Å². The van der Waals surface area contributed by atoms with Crippen molar-refractivity contribution in [2.24, 2.45) is 5.92 Å². The number of H-pyrrole nitrogens is 1. The maximum Gasteiger partial charge on any atom is 0.106 e. The molecule has 3 atom stereocenters. The van der Waals surface area contributed by atoms with Gasteiger partial charge in [0.05, 0.1) is 12.4 Å². The summed E-state index contributed by atoms with van der Waals surface area (Å²) < 4.78 is 12.1. The molecule has 3 unspecified atom stereocenters. The standard InChI is InChI=1S/C17H23ClN4.C6H9F/c1-12(20-15-4-3-7-22(2)11-15)19-10-16-9-13-8-14(18)5-6-17(13)21-16;1-2-5-3-4-6(5)7/h5-6,8-9,15,19-21H,1,3-4,7,10-11H2,2H3;2,5-6H,1,3-4H2. The summed E-state index contributed by atoms with van der Waals surface area (Å²) in [5, 5.41) is 8.73. The number of aromatic amines is 1. The molecule has 1 saturated carbocycles. The van der Waals surface area contributed by atoms with Gasteiger partial charge in [-0.25, -0.2) is 4.39 Å². The summed E-state index contributed by atoms with van der Waals surface area (Å²) in [5.74, 6) is 1.07. The van der Waals surface area contributed by atoms with Crippen LogP contribution >= 0.6 is 11.6 Å². The number of hydrogen-bond donors (Lipinski definition) is 3. The van der Waals surface area contributed by atoms with Crippen LogP contribution in [0.3, 0.4) is 0 Å². The van der Waals surface area contributed by atoms with E-state index in [1.807, 2.05) is 18.2 Å². The minimum atomic E-state index is -0.572. The van der Waals surface area contributed by atoms with Gasteiger partial charge in [0.2, 0.25) is 0 Å². The van der Waals surface area contributed by atoms with Crippen LogP contribution in [-0.4, -0.2) is 42.2 Å². The van der Waals surface area contributed by atoms with Crippen molar-refractivity contribution in [1.82, 2.24) is 20.5 Å². The van der Waals surface area contributed by atoms with Gasteiger partial charge < -0.3 is 20.5 Å². The summed E-state index contributed by atoms with van der Waals surface area (Å²) in [7, 11) is 2.17. The number of aromatic nitrogens is 1. The summed E-state index contributed by atoms with van der Waals surface area (Å²) in [5.41, 5.74) is 2.23. The highest BCUT2D eigenvalue weighted by atomic mass is 35.5. The van der Waals surface area contributed by atoms with E-state index >= 15 is 0 Å². The average Bonchev–Trinajstić information content (AvgIpc) is 3.08. The van der Waals surface area contributed by atoms with Crippen molar-refractivity contribution in [3.8, 4) is 0 Å². The molecule has 158 valence electrons. The first kappa shape index (κ1) is 21.7. The Morgan fingerprint density at radius 2 is 2.17 bits per heavy atom. The minimum absolute atomic E-state index is 0.181. The van der Waals surface area contributed by atoms with E-state index in [9.17, 15) is 4.39 Å². The van der Waals surface area contributed by atoms with Gasteiger partial charge >= 0.3 is 0 Å². The number of alkyl halides is 1. The Balaban J connectivity index is 0.000000290. The number of allylic oxidation sites excluding steroid dienone is 1. The van der Waals surface area contributed by atoms with E-state index in [1.54, 1.807) is 6.08 Å². The Morgan fingerprint density at radius 3 is 2.79 bits per heavy atom. The molecule has 0 bridgehead atoms. The number of hydrogen-bond acceptors (Lipinski definition) is 3. The molecule has 1 aliphatic heterocycles. The number of halogens is 2. The van der Waals surface area contributed by atoms with Gasteiger partial charge in [0.25, 0.3) is 0 Å². The van der Waals surface area contributed by atoms with Gasteiger partial charge in [-0.2, -0.15) is 0 Å². The van der Waals surface area contributed by atoms with E-state index in [0.29, 0.717) is 6.04 Å². The Hall–Kier alpha value is -1.98. The van der Waals surface area contributed by atoms with Gasteiger partial charge in [-0.1, -0.05) is 24.3 Å². The van der Waals surface area contributed by atoms with E-state index in [0.717, 1.165) is 53.4 Å². The van der Waals surface area contributed by atoms with Gasteiger partial charge in [-0.05, 0) is 63.5 Å². The fourth-order valence-corrected chi connectivity index (χ4v) is 3.97. The molecule has 0 amide bonds. The number of likely N-dealkylation sites (N-methyl/N-ethyl adjacent to an activating group) is 1. The van der Waals surface area contributed by atoms with Crippen LogP contribution in [0.4, 0.5) is 4.39 Å². The van der Waals surface area contributed by atoms with Crippen LogP contribution in [-0.2, 0) is 6.54 Å². The van der Waals surface area contributed by atoms with Crippen LogP contribution in [0.2, 0.25) is 5.02 Å². The Morgan fingerprint density at radius 1 is 1.34 bits per heavy atom. The molecule has 2 aromatic rings. The van der Waals surface area contributed by atoms with Crippen LogP contribution in [0, 0.1) is 5.92 Å². The first-order valence-electron chi connectivity index (χ1n) is 10.4. The third kappa shape index (κ3) is 6.25. The van der Waals surface area contributed by atoms with E-state index < -0.39 is 6.17 Å². The molecule has 6 heteroatoms. The lowest BCUT2D eigenvalue weighted by molar-refractivity contribution is 0.149. The fraction of sp³-hybridized carbons (Fsp3) is 0.478. The lowest BCUT2D eigenvalue weighted by atomic mass is 9.84. The number of benzene rings is 1. The smallest absolute Gasteiger partial charge is 0.106 e. The minimum Gasteiger partial charge on any atom is -0.368 e. The van der Waals surface area contributed by atoms with Gasteiger partial charge in [0, 0.05) is 40.1 Å². The Kier molecular flexibility index (Phi) is 7.62. The third-order valence-electron chi connectivity index (χ3n) is 5.68. The molecule has 0 spiro atoms. The van der Waals surface area contributed by atoms with Crippen molar-refractivity contribution in [2.45, 2.75) is 44.4 Å². The molecule has 29 heavy (non-hydrogen) atoms. The number of rotatable bonds is 6. The quantitative estimate of drug-likeness (QED) is 0.579. The largest absolute Gasteiger partial charge is 0.368 e. The number of likely N-dealkylation sites (tertiary alicyclic amines) is 1. The van der Waals surface area contributed by atoms with Crippen LogP contribution in [0.1, 0.15) is 31.4 Å². The molecular formula is C23H32ClFN4. The van der Waals surface area contributed by atoms with Crippen molar-refractivity contribution in [2.75, 3.05) is 20.1 Å². The monoisotopic (exact) mass is 418 g/mol. The van der Waals surface area contributed by atoms with Crippen LogP contribution < -0.4 is 10.6 Å². The molecule has 4 rings (SSSR count). The Bertz CT molecular complexity index is 833. The molecule has 2 heterocycles. The number of fused-ring (bicyclic) bond motifs is 1. The van der Waals surface area contributed by atoms with Crippen LogP contribution in [0.5, 0.6) is 0 Å². The number of nitrogens with zero attached hydrogens (tertiary/aromatic N) is 1. The summed E-state index contributed by atoms with van der Waals surface area (Å²) in [4.78, 5) is 5.75. The highest BCUT2D eigenvalue weighted by Crippen LogP contribution is 2.30. The van der Waals surface area contributed by atoms with E-state index in [1.165, 1.54) is 19.4 Å². The second-order valence-electron chi connectivity index (χ2n) is 8.10. The SMILES string of the molecule is C=C(NCc1cc2cc(Cl)ccc2[nH]1)NC1CCCN(C)C1.C=CC1CCC1F. The summed E-state index contributed by atoms with van der Waals surface area (Å²) >= 11 is 6.02. The fourth-order valence-electron chi connectivity index (χ4n) is 3.79. The van der Waals surface area contributed by atoms with Crippen LogP contribution in [0.15, 0.2) is 49.3 Å². The molecule has 0 radical (unpaired) electrons. The lowest BCUT2D eigenvalue weighted by Gasteiger charge is -2.31. The number of nitrogens with one attached hydrogen (secondary N) is 3. The highest BCUT2D eigenvalue weighted by molar-refractivity contribution is 6.31. The van der Waals surface area contributed by atoms with Crippen molar-refractivity contribution >= 4 is 22.5 Å². The van der Waals surface area contributed by atoms with Crippen LogP contribution in [0.25, 0.3) is 10.9 Å². The molecule has 1 aliphatic carbocycles. The second-order valence-corrected chi connectivity index (χ2v) is 8.53. The first-order valence-corrected chi connectivity index (χ1v) is 10.7. The molecule has 3 N–H and O–H groups in total. The normalized spacial score (nSPS) is 24.2. The second kappa shape index (κ2) is 10.2. The van der Waals surface area contributed by atoms with Crippen molar-refractivity contribution in [1.29, 1.82) is 0 Å². The summed E-state index contributed by atoms with van der Waals surface area (Å²) in [6, 6.07) is 8.49. The van der Waals surface area contributed by atoms with Crippen molar-refractivity contribution in [3.05, 3.63) is 60.0 Å². The molecule has 2 fully saturated rings. The van der Waals surface area contributed by atoms with Gasteiger partial charge in [-0.3, -0.25) is 0 Å². The molecule has 1 aromatic carbocycles. The lowest BCUT2D eigenvalue weighted by Crippen LogP contribution is -2.45. The summed E-state index contributed by atoms with van der Waals surface area (Å²) in [6.45, 7) is 10.6. The van der Waals surface area contributed by atoms with Crippen molar-refractivity contribution < 1.29 is 4.39 Å². The van der Waals surface area contributed by atoms with E-state index in [-0.39, 0.29) is 5.92 Å². The maximum absolute atomic E-state index is 12.1. The Labute approximate surface area is 178 Å². The molecule has 1 saturated heterocycles. The summed E-state index contributed by atoms with van der Waals surface area (Å²) in [6.07, 6.45) is 5.33. The molecule has 1 aromatic heterocycles. The van der Waals surface area contributed by atoms with Crippen molar-refractivity contribution in [3.63, 3.8) is 0 Å². The zero-order valence-corrected chi connectivity index (χ0v) is 17.9.